The lowest BCUT2D eigenvalue weighted by atomic mass is 10.0. The summed E-state index contributed by atoms with van der Waals surface area (Å²) in [5, 5.41) is 2.68. The number of nitrogens with one attached hydrogen (secondary N) is 1. The number of hydrogen-bond acceptors (Lipinski definition) is 3. The number of benzene rings is 2. The summed E-state index contributed by atoms with van der Waals surface area (Å²) in [5.41, 5.74) is 2.58. The molecule has 2 aromatic carbocycles. The van der Waals surface area contributed by atoms with Crippen molar-refractivity contribution in [2.75, 3.05) is 11.9 Å². The van der Waals surface area contributed by atoms with Crippen LogP contribution in [0, 0.1) is 0 Å². The highest BCUT2D eigenvalue weighted by Crippen LogP contribution is 2.20. The number of hydrogen-bond donors (Lipinski definition) is 1. The zero-order valence-electron chi connectivity index (χ0n) is 15.2. The summed E-state index contributed by atoms with van der Waals surface area (Å²) < 4.78 is 0. The largest absolute Gasteiger partial charge is 0.329 e. The number of amides is 1. The van der Waals surface area contributed by atoms with Crippen LogP contribution >= 0.6 is 0 Å². The second-order valence-electron chi connectivity index (χ2n) is 7.09. The van der Waals surface area contributed by atoms with Crippen molar-refractivity contribution >= 4 is 17.9 Å². The number of rotatable bonds is 8. The highest BCUT2D eigenvalue weighted by molar-refractivity contribution is 5.96. The van der Waals surface area contributed by atoms with Crippen LogP contribution in [0.15, 0.2) is 54.6 Å². The molecule has 2 rings (SSSR count). The molecule has 4 nitrogen and oxygen atoms in total. The summed E-state index contributed by atoms with van der Waals surface area (Å²) in [5.74, 6) is 0.159. The summed E-state index contributed by atoms with van der Waals surface area (Å²) in [7, 11) is 0. The van der Waals surface area contributed by atoms with Gasteiger partial charge in [-0.3, -0.25) is 14.5 Å². The number of nitrogens with zero attached hydrogens (tertiary/aromatic N) is 1. The number of anilines is 1. The lowest BCUT2D eigenvalue weighted by molar-refractivity contribution is -0.105. The Balaban J connectivity index is 2.05. The van der Waals surface area contributed by atoms with E-state index >= 15 is 0 Å². The molecule has 0 aliphatic heterocycles. The van der Waals surface area contributed by atoms with Crippen LogP contribution in [0.2, 0.25) is 0 Å². The third-order valence-electron chi connectivity index (χ3n) is 4.18. The molecular weight excluding hydrogens is 312 g/mol. The minimum atomic E-state index is -0.0644. The predicted molar refractivity (Wildman–Crippen MR) is 102 cm³/mol. The molecule has 132 valence electrons. The molecular formula is C21H26N2O2. The van der Waals surface area contributed by atoms with Gasteiger partial charge in [-0.2, -0.15) is 0 Å². The summed E-state index contributed by atoms with van der Waals surface area (Å²) in [6.07, 6.45) is 1.16. The van der Waals surface area contributed by atoms with Gasteiger partial charge in [-0.15, -0.1) is 0 Å². The lowest BCUT2D eigenvalue weighted by Gasteiger charge is -2.35. The Morgan fingerprint density at radius 2 is 1.80 bits per heavy atom. The van der Waals surface area contributed by atoms with Crippen molar-refractivity contribution in [2.24, 2.45) is 0 Å². The van der Waals surface area contributed by atoms with E-state index in [1.165, 1.54) is 0 Å². The Morgan fingerprint density at radius 1 is 1.08 bits per heavy atom. The fourth-order valence-corrected chi connectivity index (χ4v) is 2.70. The maximum Gasteiger partial charge on any atom is 0.211 e. The Hall–Kier alpha value is -2.46. The van der Waals surface area contributed by atoms with Gasteiger partial charge in [0.2, 0.25) is 6.41 Å². The van der Waals surface area contributed by atoms with Crippen LogP contribution in [-0.2, 0) is 11.3 Å². The van der Waals surface area contributed by atoms with Crippen LogP contribution in [-0.4, -0.2) is 29.2 Å². The Morgan fingerprint density at radius 3 is 2.44 bits per heavy atom. The second kappa shape index (κ2) is 8.58. The van der Waals surface area contributed by atoms with E-state index < -0.39 is 0 Å². The Labute approximate surface area is 149 Å². The van der Waals surface area contributed by atoms with Crippen LogP contribution < -0.4 is 5.32 Å². The molecule has 25 heavy (non-hydrogen) atoms. The molecule has 0 heterocycles. The number of ketones is 1. The minimum absolute atomic E-state index is 0.0644. The summed E-state index contributed by atoms with van der Waals surface area (Å²) >= 11 is 0. The predicted octanol–water partition coefficient (Wildman–Crippen LogP) is 4.13. The third kappa shape index (κ3) is 5.84. The van der Waals surface area contributed by atoms with Crippen molar-refractivity contribution < 1.29 is 9.59 Å². The first kappa shape index (κ1) is 18.9. The van der Waals surface area contributed by atoms with E-state index in [2.05, 4.69) is 31.0 Å². The van der Waals surface area contributed by atoms with E-state index in [0.29, 0.717) is 19.4 Å². The summed E-state index contributed by atoms with van der Waals surface area (Å²) in [6, 6.07) is 17.2. The SMILES string of the molecule is CC(C)(C)N(CCC(=O)c1ccccc1)Cc1cccc(NC=O)c1. The fraction of sp³-hybridized carbons (Fsp3) is 0.333. The van der Waals surface area contributed by atoms with Crippen molar-refractivity contribution in [1.29, 1.82) is 0 Å². The quantitative estimate of drug-likeness (QED) is 0.581. The minimum Gasteiger partial charge on any atom is -0.329 e. The molecule has 0 radical (unpaired) electrons. The van der Waals surface area contributed by atoms with Gasteiger partial charge in [0.05, 0.1) is 0 Å². The second-order valence-corrected chi connectivity index (χ2v) is 7.09. The average Bonchev–Trinajstić information content (AvgIpc) is 2.59. The van der Waals surface area contributed by atoms with Crippen LogP contribution in [0.3, 0.4) is 0 Å². The zero-order chi connectivity index (χ0) is 18.3. The normalized spacial score (nSPS) is 11.4. The Bertz CT molecular complexity index is 705. The molecule has 0 aliphatic carbocycles. The van der Waals surface area contributed by atoms with Gasteiger partial charge in [0, 0.05) is 36.3 Å². The van der Waals surface area contributed by atoms with Crippen molar-refractivity contribution in [3.63, 3.8) is 0 Å². The van der Waals surface area contributed by atoms with Gasteiger partial charge in [0.25, 0.3) is 0 Å². The molecule has 1 amide bonds. The topological polar surface area (TPSA) is 49.4 Å². The average molecular weight is 338 g/mol. The Kier molecular flexibility index (Phi) is 6.48. The van der Waals surface area contributed by atoms with E-state index in [1.54, 1.807) is 0 Å². The van der Waals surface area contributed by atoms with Crippen LogP contribution in [0.25, 0.3) is 0 Å². The van der Waals surface area contributed by atoms with E-state index in [1.807, 2.05) is 54.6 Å². The van der Waals surface area contributed by atoms with Crippen molar-refractivity contribution in [3.05, 3.63) is 65.7 Å². The van der Waals surface area contributed by atoms with Gasteiger partial charge in [0.1, 0.15) is 0 Å². The lowest BCUT2D eigenvalue weighted by Crippen LogP contribution is -2.42. The molecule has 0 unspecified atom stereocenters. The molecule has 0 bridgehead atoms. The maximum atomic E-state index is 12.4. The van der Waals surface area contributed by atoms with Gasteiger partial charge in [-0.05, 0) is 38.5 Å². The number of carbonyl (C=O) groups is 2. The molecule has 0 atom stereocenters. The number of Topliss-reactive ketones (excluding diaryl/α,β-unsaturated/α-hetero) is 1. The molecule has 0 aliphatic rings. The molecule has 2 aromatic rings. The van der Waals surface area contributed by atoms with Crippen molar-refractivity contribution in [2.45, 2.75) is 39.3 Å². The summed E-state index contributed by atoms with van der Waals surface area (Å²) in [6.45, 7) is 7.84. The van der Waals surface area contributed by atoms with Gasteiger partial charge in [0.15, 0.2) is 5.78 Å². The third-order valence-corrected chi connectivity index (χ3v) is 4.18. The molecule has 0 spiro atoms. The van der Waals surface area contributed by atoms with Crippen molar-refractivity contribution in [1.82, 2.24) is 4.90 Å². The monoisotopic (exact) mass is 338 g/mol. The van der Waals surface area contributed by atoms with Gasteiger partial charge >= 0.3 is 0 Å². The molecule has 0 saturated carbocycles. The first-order valence-electron chi connectivity index (χ1n) is 8.52. The molecule has 0 saturated heterocycles. The van der Waals surface area contributed by atoms with Gasteiger partial charge in [-0.25, -0.2) is 0 Å². The maximum absolute atomic E-state index is 12.4. The molecule has 1 N–H and O–H groups in total. The van der Waals surface area contributed by atoms with E-state index in [4.69, 9.17) is 0 Å². The van der Waals surface area contributed by atoms with E-state index in [0.717, 1.165) is 23.4 Å². The van der Waals surface area contributed by atoms with Gasteiger partial charge < -0.3 is 5.32 Å². The highest BCUT2D eigenvalue weighted by Gasteiger charge is 2.22. The smallest absolute Gasteiger partial charge is 0.211 e. The number of carbonyl (C=O) groups excluding carboxylic acids is 2. The van der Waals surface area contributed by atoms with Crippen LogP contribution in [0.1, 0.15) is 43.1 Å². The van der Waals surface area contributed by atoms with Crippen LogP contribution in [0.5, 0.6) is 0 Å². The highest BCUT2D eigenvalue weighted by atomic mass is 16.1. The van der Waals surface area contributed by atoms with E-state index in [9.17, 15) is 9.59 Å². The van der Waals surface area contributed by atoms with Crippen LogP contribution in [0.4, 0.5) is 5.69 Å². The molecule has 4 heteroatoms. The van der Waals surface area contributed by atoms with Gasteiger partial charge in [-0.1, -0.05) is 42.5 Å². The summed E-state index contributed by atoms with van der Waals surface area (Å²) in [4.78, 5) is 25.3. The standard InChI is InChI=1S/C21H26N2O2/c1-21(2,3)23(13-12-20(25)18-9-5-4-6-10-18)15-17-8-7-11-19(14-17)22-16-24/h4-11,14,16H,12-13,15H2,1-3H3,(H,22,24). The van der Waals surface area contributed by atoms with Crippen molar-refractivity contribution in [3.8, 4) is 0 Å². The zero-order valence-corrected chi connectivity index (χ0v) is 15.2. The molecule has 0 fully saturated rings. The fourth-order valence-electron chi connectivity index (χ4n) is 2.70. The molecule has 0 aromatic heterocycles. The van der Waals surface area contributed by atoms with E-state index in [-0.39, 0.29) is 11.3 Å². The first-order chi connectivity index (χ1) is 11.9. The first-order valence-corrected chi connectivity index (χ1v) is 8.52.